The maximum Gasteiger partial charge on any atom is 0.340 e. The van der Waals surface area contributed by atoms with Gasteiger partial charge in [0.05, 0.1) is 23.2 Å². The molecular weight excluding hydrogens is 345 g/mol. The Balaban J connectivity index is 1.72. The van der Waals surface area contributed by atoms with Crippen molar-refractivity contribution in [1.29, 1.82) is 0 Å². The second-order valence-corrected chi connectivity index (χ2v) is 6.15. The summed E-state index contributed by atoms with van der Waals surface area (Å²) in [4.78, 5) is 12.5. The van der Waals surface area contributed by atoms with E-state index in [-0.39, 0.29) is 11.8 Å². The number of hydrogen-bond donors (Lipinski definition) is 0. The van der Waals surface area contributed by atoms with Crippen LogP contribution in [0.5, 0.6) is 5.75 Å². The Morgan fingerprint density at radius 2 is 1.85 bits per heavy atom. The molecule has 0 spiro atoms. The number of aromatic nitrogens is 1. The first kappa shape index (κ1) is 17.1. The topological polar surface area (TPSA) is 39.9 Å². The fraction of sp³-hybridized carbons (Fsp3) is 0.136. The Bertz CT molecular complexity index is 1120. The minimum Gasteiger partial charge on any atom is -0.489 e. The van der Waals surface area contributed by atoms with Gasteiger partial charge in [0, 0.05) is 17.6 Å². The smallest absolute Gasteiger partial charge is 0.340 e. The summed E-state index contributed by atoms with van der Waals surface area (Å²) in [7, 11) is 0. The van der Waals surface area contributed by atoms with E-state index >= 15 is 0 Å². The van der Waals surface area contributed by atoms with Gasteiger partial charge in [-0.05, 0) is 48.9 Å². The first-order chi connectivity index (χ1) is 13.2. The van der Waals surface area contributed by atoms with Crippen LogP contribution in [-0.2, 0) is 11.3 Å². The van der Waals surface area contributed by atoms with Crippen LogP contribution in [0.2, 0.25) is 0 Å². The highest BCUT2D eigenvalue weighted by Gasteiger charge is 2.19. The zero-order valence-corrected chi connectivity index (χ0v) is 14.8. The van der Waals surface area contributed by atoms with Crippen LogP contribution < -0.4 is 4.74 Å². The highest BCUT2D eigenvalue weighted by atomic mass is 19.1. The van der Waals surface area contributed by atoms with Crippen LogP contribution in [0.25, 0.3) is 16.4 Å². The first-order valence-corrected chi connectivity index (χ1v) is 8.74. The maximum atomic E-state index is 13.0. The van der Waals surface area contributed by atoms with Crippen molar-refractivity contribution in [2.45, 2.75) is 13.5 Å². The molecule has 0 unspecified atom stereocenters. The molecule has 2 aromatic carbocycles. The number of benzene rings is 2. The van der Waals surface area contributed by atoms with Crippen LogP contribution in [0.3, 0.4) is 0 Å². The van der Waals surface area contributed by atoms with Crippen LogP contribution in [-0.4, -0.2) is 17.0 Å². The van der Waals surface area contributed by atoms with Gasteiger partial charge in [0.25, 0.3) is 0 Å². The molecule has 5 heteroatoms. The molecule has 0 aliphatic carbocycles. The summed E-state index contributed by atoms with van der Waals surface area (Å²) in [5, 5.41) is 0.814. The molecule has 2 aromatic heterocycles. The molecule has 0 saturated heterocycles. The van der Waals surface area contributed by atoms with Gasteiger partial charge in [0.2, 0.25) is 0 Å². The normalized spacial score (nSPS) is 11.0. The van der Waals surface area contributed by atoms with E-state index in [1.807, 2.05) is 47.0 Å². The van der Waals surface area contributed by atoms with Gasteiger partial charge in [-0.1, -0.05) is 18.2 Å². The average Bonchev–Trinajstić information content (AvgIpc) is 3.02. The van der Waals surface area contributed by atoms with Crippen molar-refractivity contribution in [2.75, 3.05) is 6.61 Å². The van der Waals surface area contributed by atoms with Crippen molar-refractivity contribution in [3.05, 3.63) is 83.8 Å². The van der Waals surface area contributed by atoms with Crippen LogP contribution >= 0.6 is 0 Å². The standard InChI is InChI=1S/C22H18FNO3/c1-2-26-22(25)21-18-11-10-17(27-14-15-6-8-16(23)9-7-15)13-20(18)24-12-4-3-5-19(21)24/h3-13H,2,14H2,1H3. The SMILES string of the molecule is CCOC(=O)c1c2ccc(OCc3ccc(F)cc3)cc2n2ccccc12. The van der Waals surface area contributed by atoms with Crippen LogP contribution in [0.4, 0.5) is 4.39 Å². The van der Waals surface area contributed by atoms with Crippen molar-refractivity contribution < 1.29 is 18.7 Å². The first-order valence-electron chi connectivity index (χ1n) is 8.74. The number of pyridine rings is 1. The second-order valence-electron chi connectivity index (χ2n) is 6.15. The van der Waals surface area contributed by atoms with Gasteiger partial charge in [-0.3, -0.25) is 0 Å². The van der Waals surface area contributed by atoms with E-state index in [0.717, 1.165) is 22.0 Å². The molecule has 136 valence electrons. The van der Waals surface area contributed by atoms with E-state index < -0.39 is 0 Å². The Hall–Kier alpha value is -3.34. The lowest BCUT2D eigenvalue weighted by Crippen LogP contribution is -2.04. The lowest BCUT2D eigenvalue weighted by molar-refractivity contribution is 0.0531. The molecule has 4 rings (SSSR count). The number of carbonyl (C=O) groups excluding carboxylic acids is 1. The number of esters is 1. The molecule has 0 aliphatic heterocycles. The van der Waals surface area contributed by atoms with E-state index in [1.165, 1.54) is 12.1 Å². The lowest BCUT2D eigenvalue weighted by atomic mass is 10.1. The summed E-state index contributed by atoms with van der Waals surface area (Å²) in [5.74, 6) is 0.0630. The maximum absolute atomic E-state index is 13.0. The zero-order valence-electron chi connectivity index (χ0n) is 14.8. The summed E-state index contributed by atoms with van der Waals surface area (Å²) < 4.78 is 26.1. The third-order valence-corrected chi connectivity index (χ3v) is 4.41. The Labute approximate surface area is 155 Å². The molecule has 0 N–H and O–H groups in total. The summed E-state index contributed by atoms with van der Waals surface area (Å²) in [6.07, 6.45) is 1.91. The predicted molar refractivity (Wildman–Crippen MR) is 102 cm³/mol. The number of nitrogens with zero attached hydrogens (tertiary/aromatic N) is 1. The highest BCUT2D eigenvalue weighted by Crippen LogP contribution is 2.30. The van der Waals surface area contributed by atoms with Crippen LogP contribution in [0.15, 0.2) is 66.9 Å². The number of ether oxygens (including phenoxy) is 2. The molecule has 0 aliphatic rings. The molecule has 27 heavy (non-hydrogen) atoms. The van der Waals surface area contributed by atoms with Crippen molar-refractivity contribution in [3.63, 3.8) is 0 Å². The van der Waals surface area contributed by atoms with Gasteiger partial charge in [0.15, 0.2) is 0 Å². The van der Waals surface area contributed by atoms with Crippen molar-refractivity contribution in [3.8, 4) is 5.75 Å². The largest absolute Gasteiger partial charge is 0.489 e. The van der Waals surface area contributed by atoms with Gasteiger partial charge in [0.1, 0.15) is 18.2 Å². The zero-order chi connectivity index (χ0) is 18.8. The number of fused-ring (bicyclic) bond motifs is 3. The molecule has 0 saturated carbocycles. The monoisotopic (exact) mass is 363 g/mol. The van der Waals surface area contributed by atoms with Gasteiger partial charge >= 0.3 is 5.97 Å². The molecule has 0 amide bonds. The van der Waals surface area contributed by atoms with Crippen LogP contribution in [0, 0.1) is 5.82 Å². The number of rotatable bonds is 5. The van der Waals surface area contributed by atoms with Crippen LogP contribution in [0.1, 0.15) is 22.8 Å². The summed E-state index contributed by atoms with van der Waals surface area (Å²) in [5.41, 5.74) is 3.09. The van der Waals surface area contributed by atoms with Gasteiger partial charge < -0.3 is 13.9 Å². The Kier molecular flexibility index (Phi) is 4.50. The molecule has 0 atom stereocenters. The molecule has 2 heterocycles. The van der Waals surface area contributed by atoms with E-state index in [4.69, 9.17) is 9.47 Å². The van der Waals surface area contributed by atoms with Gasteiger partial charge in [-0.25, -0.2) is 9.18 Å². The quantitative estimate of drug-likeness (QED) is 0.469. The average molecular weight is 363 g/mol. The molecular formula is C22H18FNO3. The molecule has 0 bridgehead atoms. The minimum absolute atomic E-state index is 0.272. The van der Waals surface area contributed by atoms with E-state index in [0.29, 0.717) is 24.5 Å². The van der Waals surface area contributed by atoms with Gasteiger partial charge in [-0.15, -0.1) is 0 Å². The fourth-order valence-electron chi connectivity index (χ4n) is 3.17. The molecule has 4 aromatic rings. The summed E-state index contributed by atoms with van der Waals surface area (Å²) in [6.45, 7) is 2.45. The third kappa shape index (κ3) is 3.24. The molecule has 0 fully saturated rings. The highest BCUT2D eigenvalue weighted by molar-refractivity contribution is 6.11. The Morgan fingerprint density at radius 1 is 1.04 bits per heavy atom. The van der Waals surface area contributed by atoms with Crippen molar-refractivity contribution in [2.24, 2.45) is 0 Å². The lowest BCUT2D eigenvalue weighted by Gasteiger charge is -2.07. The number of halogens is 1. The molecule has 0 radical (unpaired) electrons. The van der Waals surface area contributed by atoms with Crippen molar-refractivity contribution >= 4 is 22.4 Å². The second kappa shape index (κ2) is 7.11. The number of hydrogen-bond acceptors (Lipinski definition) is 3. The predicted octanol–water partition coefficient (Wildman–Crippen LogP) is 4.99. The summed E-state index contributed by atoms with van der Waals surface area (Å²) in [6, 6.07) is 17.5. The number of carbonyl (C=O) groups is 1. The van der Waals surface area contributed by atoms with E-state index in [2.05, 4.69) is 0 Å². The van der Waals surface area contributed by atoms with E-state index in [1.54, 1.807) is 19.1 Å². The fourth-order valence-corrected chi connectivity index (χ4v) is 3.17. The molecule has 4 nitrogen and oxygen atoms in total. The van der Waals surface area contributed by atoms with Gasteiger partial charge in [-0.2, -0.15) is 0 Å². The third-order valence-electron chi connectivity index (χ3n) is 4.41. The Morgan fingerprint density at radius 3 is 2.63 bits per heavy atom. The minimum atomic E-state index is -0.337. The summed E-state index contributed by atoms with van der Waals surface area (Å²) >= 11 is 0. The van der Waals surface area contributed by atoms with E-state index in [9.17, 15) is 9.18 Å². The van der Waals surface area contributed by atoms with Crippen molar-refractivity contribution in [1.82, 2.24) is 4.40 Å².